The summed E-state index contributed by atoms with van der Waals surface area (Å²) in [5.41, 5.74) is 1.34. The Hall–Kier alpha value is -0.300. The van der Waals surface area contributed by atoms with E-state index in [-0.39, 0.29) is 0 Å². The fourth-order valence-corrected chi connectivity index (χ4v) is 6.42. The molecule has 1 heteroatoms. The largest absolute Gasteiger partial charge is 0.303 e. The van der Waals surface area contributed by atoms with Gasteiger partial charge in [0.25, 0.3) is 0 Å². The molecule has 0 amide bonds. The zero-order valence-electron chi connectivity index (χ0n) is 28.3. The number of hydrogen-bond donors (Lipinski definition) is 0. The molecule has 0 bridgehead atoms. The summed E-state index contributed by atoms with van der Waals surface area (Å²) >= 11 is 0. The van der Waals surface area contributed by atoms with Crippen molar-refractivity contribution >= 4 is 0 Å². The van der Waals surface area contributed by atoms with Crippen LogP contribution in [0.3, 0.4) is 0 Å². The van der Waals surface area contributed by atoms with Crippen molar-refractivity contribution in [2.24, 2.45) is 11.8 Å². The maximum Gasteiger partial charge on any atom is -0.00187 e. The highest BCUT2D eigenvalue weighted by atomic mass is 15.1. The Morgan fingerprint density at radius 3 is 1.36 bits per heavy atom. The van der Waals surface area contributed by atoms with Crippen molar-refractivity contribution in [3.8, 4) is 0 Å². The van der Waals surface area contributed by atoms with Crippen LogP contribution in [0.4, 0.5) is 0 Å². The van der Waals surface area contributed by atoms with Gasteiger partial charge >= 0.3 is 0 Å². The zero-order valence-corrected chi connectivity index (χ0v) is 28.3. The van der Waals surface area contributed by atoms with Crippen LogP contribution < -0.4 is 0 Å². The fourth-order valence-electron chi connectivity index (χ4n) is 6.42. The summed E-state index contributed by atoms with van der Waals surface area (Å²) in [7, 11) is 0. The maximum absolute atomic E-state index is 4.04. The van der Waals surface area contributed by atoms with Crippen molar-refractivity contribution in [1.82, 2.24) is 4.90 Å². The normalized spacial score (nSPS) is 12.6. The molecule has 234 valence electrons. The molecule has 0 aromatic rings. The van der Waals surface area contributed by atoms with Crippen LogP contribution in [0.5, 0.6) is 0 Å². The highest BCUT2D eigenvalue weighted by Gasteiger charge is 2.16. The van der Waals surface area contributed by atoms with Crippen LogP contribution in [0.1, 0.15) is 202 Å². The Labute approximate surface area is 249 Å². The Kier molecular flexibility index (Phi) is 30.4. The monoisotopic (exact) mass is 548 g/mol. The summed E-state index contributed by atoms with van der Waals surface area (Å²) in [5, 5.41) is 0. The van der Waals surface area contributed by atoms with E-state index in [4.69, 9.17) is 0 Å². The van der Waals surface area contributed by atoms with Gasteiger partial charge in [-0.1, -0.05) is 168 Å². The molecule has 1 atom stereocenters. The molecular formula is C38H77N. The first-order valence-electron chi connectivity index (χ1n) is 18.4. The first-order valence-corrected chi connectivity index (χ1v) is 18.4. The summed E-state index contributed by atoms with van der Waals surface area (Å²) < 4.78 is 0. The van der Waals surface area contributed by atoms with Gasteiger partial charge in [0.2, 0.25) is 0 Å². The zero-order chi connectivity index (χ0) is 28.8. The average Bonchev–Trinajstić information content (AvgIpc) is 2.92. The molecule has 1 unspecified atom stereocenters. The van der Waals surface area contributed by atoms with Gasteiger partial charge in [-0.05, 0) is 70.5 Å². The quantitative estimate of drug-likeness (QED) is 0.0598. The summed E-state index contributed by atoms with van der Waals surface area (Å²) in [5.74, 6) is 1.93. The summed E-state index contributed by atoms with van der Waals surface area (Å²) in [6.07, 6.45) is 37.1. The lowest BCUT2D eigenvalue weighted by Crippen LogP contribution is -2.27. The van der Waals surface area contributed by atoms with Gasteiger partial charge in [-0.2, -0.15) is 0 Å². The van der Waals surface area contributed by atoms with Crippen LogP contribution in [-0.2, 0) is 0 Å². The van der Waals surface area contributed by atoms with Gasteiger partial charge in [-0.3, -0.25) is 0 Å². The molecule has 0 aliphatic heterocycles. The van der Waals surface area contributed by atoms with E-state index in [9.17, 15) is 0 Å². The first kappa shape index (κ1) is 38.7. The van der Waals surface area contributed by atoms with Crippen molar-refractivity contribution < 1.29 is 0 Å². The van der Waals surface area contributed by atoms with Crippen LogP contribution >= 0.6 is 0 Å². The lowest BCUT2D eigenvalue weighted by Gasteiger charge is -2.24. The van der Waals surface area contributed by atoms with E-state index in [1.54, 1.807) is 0 Å². The molecule has 0 saturated heterocycles. The molecule has 0 N–H and O–H groups in total. The molecule has 0 heterocycles. The van der Waals surface area contributed by atoms with E-state index in [0.29, 0.717) is 0 Å². The lowest BCUT2D eigenvalue weighted by atomic mass is 9.82. The Balaban J connectivity index is 4.05. The van der Waals surface area contributed by atoms with Crippen LogP contribution in [0.25, 0.3) is 0 Å². The molecule has 0 fully saturated rings. The Morgan fingerprint density at radius 2 is 0.897 bits per heavy atom. The van der Waals surface area contributed by atoms with Crippen LogP contribution in [0.2, 0.25) is 0 Å². The topological polar surface area (TPSA) is 3.24 Å². The minimum absolute atomic E-state index is 0.939. The van der Waals surface area contributed by atoms with Crippen LogP contribution in [0, 0.1) is 11.8 Å². The summed E-state index contributed by atoms with van der Waals surface area (Å²) in [6.45, 7) is 19.7. The molecule has 0 aliphatic carbocycles. The summed E-state index contributed by atoms with van der Waals surface area (Å²) in [4.78, 5) is 2.73. The third-order valence-corrected chi connectivity index (χ3v) is 9.16. The molecule has 0 aliphatic rings. The SMILES string of the molecule is C=C(C)CCCCCN(CCC)CCCCCCCCC(C)C(CCCCCCCC)CCCCCCCC. The number of nitrogens with zero attached hydrogens (tertiary/aromatic N) is 1. The average molecular weight is 548 g/mol. The summed E-state index contributed by atoms with van der Waals surface area (Å²) in [6, 6.07) is 0. The molecule has 0 rings (SSSR count). The second-order valence-electron chi connectivity index (χ2n) is 13.4. The Bertz CT molecular complexity index is 467. The van der Waals surface area contributed by atoms with Gasteiger partial charge in [-0.25, -0.2) is 0 Å². The Morgan fingerprint density at radius 1 is 0.487 bits per heavy atom. The van der Waals surface area contributed by atoms with Gasteiger partial charge in [0.1, 0.15) is 0 Å². The predicted molar refractivity (Wildman–Crippen MR) is 181 cm³/mol. The van der Waals surface area contributed by atoms with Gasteiger partial charge < -0.3 is 4.90 Å². The third kappa shape index (κ3) is 27.6. The van der Waals surface area contributed by atoms with Crippen molar-refractivity contribution in [3.63, 3.8) is 0 Å². The smallest absolute Gasteiger partial charge is 0.00187 e. The number of rotatable bonds is 32. The van der Waals surface area contributed by atoms with E-state index in [1.807, 2.05) is 0 Å². The third-order valence-electron chi connectivity index (χ3n) is 9.16. The van der Waals surface area contributed by atoms with E-state index in [1.165, 1.54) is 192 Å². The lowest BCUT2D eigenvalue weighted by molar-refractivity contribution is 0.260. The first-order chi connectivity index (χ1) is 19.0. The predicted octanol–water partition coefficient (Wildman–Crippen LogP) is 13.3. The minimum Gasteiger partial charge on any atom is -0.303 e. The van der Waals surface area contributed by atoms with Gasteiger partial charge in [0.15, 0.2) is 0 Å². The van der Waals surface area contributed by atoms with E-state index < -0.39 is 0 Å². The second-order valence-corrected chi connectivity index (χ2v) is 13.4. The number of unbranched alkanes of at least 4 members (excludes halogenated alkanes) is 17. The molecule has 39 heavy (non-hydrogen) atoms. The van der Waals surface area contributed by atoms with Crippen molar-refractivity contribution in [2.45, 2.75) is 202 Å². The van der Waals surface area contributed by atoms with Gasteiger partial charge in [0, 0.05) is 0 Å². The maximum atomic E-state index is 4.04. The number of hydrogen-bond acceptors (Lipinski definition) is 1. The highest BCUT2D eigenvalue weighted by Crippen LogP contribution is 2.29. The van der Waals surface area contributed by atoms with Gasteiger partial charge in [0.05, 0.1) is 0 Å². The minimum atomic E-state index is 0.939. The number of allylic oxidation sites excluding steroid dienone is 1. The molecule has 0 aromatic heterocycles. The molecule has 1 nitrogen and oxygen atoms in total. The molecule has 0 aromatic carbocycles. The van der Waals surface area contributed by atoms with Gasteiger partial charge in [-0.15, -0.1) is 6.58 Å². The molecule has 0 radical (unpaired) electrons. The molecule has 0 saturated carbocycles. The second kappa shape index (κ2) is 30.7. The van der Waals surface area contributed by atoms with Crippen LogP contribution in [0.15, 0.2) is 12.2 Å². The van der Waals surface area contributed by atoms with E-state index in [0.717, 1.165) is 11.8 Å². The fraction of sp³-hybridized carbons (Fsp3) is 0.947. The highest BCUT2D eigenvalue weighted by molar-refractivity contribution is 4.87. The van der Waals surface area contributed by atoms with E-state index >= 15 is 0 Å². The van der Waals surface area contributed by atoms with Crippen molar-refractivity contribution in [3.05, 3.63) is 12.2 Å². The van der Waals surface area contributed by atoms with E-state index in [2.05, 4.69) is 46.1 Å². The van der Waals surface area contributed by atoms with Crippen LogP contribution in [-0.4, -0.2) is 24.5 Å². The standard InChI is InChI=1S/C38H77N/c1-7-10-12-14-19-25-31-38(32-26-20-15-13-11-8-2)37(6)30-24-18-16-17-21-27-34-39(33-9-3)35-28-22-23-29-36(4)5/h37-38H,4,7-35H2,1-3,5-6H3. The molecule has 0 spiro atoms. The molecular weight excluding hydrogens is 470 g/mol. The van der Waals surface area contributed by atoms with Crippen molar-refractivity contribution in [1.29, 1.82) is 0 Å². The van der Waals surface area contributed by atoms with Crippen molar-refractivity contribution in [2.75, 3.05) is 19.6 Å².